The summed E-state index contributed by atoms with van der Waals surface area (Å²) in [5.74, 6) is -2.54. The maximum atomic E-state index is 13.8. The number of benzene rings is 1. The first-order valence-corrected chi connectivity index (χ1v) is 6.86. The fourth-order valence-electron chi connectivity index (χ4n) is 2.37. The van der Waals surface area contributed by atoms with Gasteiger partial charge in [-0.25, -0.2) is 8.78 Å². The van der Waals surface area contributed by atoms with Gasteiger partial charge in [-0.3, -0.25) is 9.59 Å². The Labute approximate surface area is 122 Å². The first kappa shape index (κ1) is 15.4. The van der Waals surface area contributed by atoms with E-state index in [9.17, 15) is 18.4 Å². The Balaban J connectivity index is 2.34. The third-order valence-corrected chi connectivity index (χ3v) is 4.06. The molecule has 6 heteroatoms. The molecule has 0 aliphatic carbocycles. The lowest BCUT2D eigenvalue weighted by molar-refractivity contribution is -0.154. The third-order valence-electron chi connectivity index (χ3n) is 4.06. The fourth-order valence-corrected chi connectivity index (χ4v) is 2.37. The molecule has 1 aliphatic rings. The summed E-state index contributed by atoms with van der Waals surface area (Å²) in [6.07, 6.45) is 0.423. The molecule has 4 nitrogen and oxygen atoms in total. The van der Waals surface area contributed by atoms with E-state index in [4.69, 9.17) is 0 Å². The Hall–Kier alpha value is -1.98. The Morgan fingerprint density at radius 3 is 2.62 bits per heavy atom. The molecule has 114 valence electrons. The van der Waals surface area contributed by atoms with Gasteiger partial charge in [-0.1, -0.05) is 19.1 Å². The van der Waals surface area contributed by atoms with E-state index >= 15 is 0 Å². The quantitative estimate of drug-likeness (QED) is 0.927. The predicted molar refractivity (Wildman–Crippen MR) is 73.2 cm³/mol. The standard InChI is InChI=1S/C15H18F2N2O2/c1-4-15(3)14(21)19(9(2)13(20)18-15)8-10-6-5-7-11(16)12(10)17/h5-7,9H,4,8H2,1-3H3,(H,18,20). The molecule has 2 unspecified atom stereocenters. The SMILES string of the molecule is CCC1(C)NC(=O)C(C)N(Cc2cccc(F)c2F)C1=O. The molecule has 1 aromatic rings. The summed E-state index contributed by atoms with van der Waals surface area (Å²) in [7, 11) is 0. The van der Waals surface area contributed by atoms with Crippen LogP contribution in [0.25, 0.3) is 0 Å². The highest BCUT2D eigenvalue weighted by atomic mass is 19.2. The lowest BCUT2D eigenvalue weighted by Gasteiger charge is -2.43. The number of hydrogen-bond acceptors (Lipinski definition) is 2. The largest absolute Gasteiger partial charge is 0.340 e. The third kappa shape index (κ3) is 2.62. The van der Waals surface area contributed by atoms with Gasteiger partial charge in [-0.05, 0) is 26.3 Å². The molecule has 21 heavy (non-hydrogen) atoms. The van der Waals surface area contributed by atoms with Gasteiger partial charge in [0.05, 0.1) is 0 Å². The fraction of sp³-hybridized carbons (Fsp3) is 0.467. The van der Waals surface area contributed by atoms with E-state index in [0.29, 0.717) is 6.42 Å². The molecule has 0 aromatic heterocycles. The number of carbonyl (C=O) groups excluding carboxylic acids is 2. The second-order valence-corrected chi connectivity index (χ2v) is 5.50. The Morgan fingerprint density at radius 2 is 2.00 bits per heavy atom. The molecular weight excluding hydrogens is 278 g/mol. The van der Waals surface area contributed by atoms with Crippen molar-refractivity contribution < 1.29 is 18.4 Å². The van der Waals surface area contributed by atoms with E-state index in [1.807, 2.05) is 0 Å². The second kappa shape index (κ2) is 5.42. The lowest BCUT2D eigenvalue weighted by Crippen LogP contribution is -2.68. The molecular formula is C15H18F2N2O2. The summed E-state index contributed by atoms with van der Waals surface area (Å²) in [4.78, 5) is 25.8. The zero-order valence-electron chi connectivity index (χ0n) is 12.2. The van der Waals surface area contributed by atoms with Gasteiger partial charge in [-0.15, -0.1) is 0 Å². The normalized spacial score (nSPS) is 26.0. The van der Waals surface area contributed by atoms with E-state index in [1.54, 1.807) is 20.8 Å². The van der Waals surface area contributed by atoms with Crippen LogP contribution in [0.1, 0.15) is 32.8 Å². The molecule has 0 saturated carbocycles. The molecule has 1 saturated heterocycles. The van der Waals surface area contributed by atoms with Gasteiger partial charge in [0.1, 0.15) is 11.6 Å². The van der Waals surface area contributed by atoms with Crippen molar-refractivity contribution in [1.29, 1.82) is 0 Å². The molecule has 1 N–H and O–H groups in total. The van der Waals surface area contributed by atoms with Crippen LogP contribution < -0.4 is 5.32 Å². The maximum Gasteiger partial charge on any atom is 0.249 e. The molecule has 1 fully saturated rings. The summed E-state index contributed by atoms with van der Waals surface area (Å²) in [6.45, 7) is 4.86. The molecule has 0 bridgehead atoms. The Kier molecular flexibility index (Phi) is 3.98. The molecule has 2 rings (SSSR count). The number of halogens is 2. The summed E-state index contributed by atoms with van der Waals surface area (Å²) in [5.41, 5.74) is -0.948. The van der Waals surface area contributed by atoms with Crippen molar-refractivity contribution in [3.05, 3.63) is 35.4 Å². The van der Waals surface area contributed by atoms with Crippen LogP contribution in [0, 0.1) is 11.6 Å². The molecule has 1 aliphatic heterocycles. The van der Waals surface area contributed by atoms with Crippen molar-refractivity contribution in [1.82, 2.24) is 10.2 Å². The van der Waals surface area contributed by atoms with Crippen LogP contribution in [0.2, 0.25) is 0 Å². The molecule has 1 heterocycles. The van der Waals surface area contributed by atoms with Crippen molar-refractivity contribution in [2.24, 2.45) is 0 Å². The number of rotatable bonds is 3. The summed E-state index contributed by atoms with van der Waals surface area (Å²) in [6, 6.07) is 3.09. The van der Waals surface area contributed by atoms with Crippen LogP contribution in [-0.4, -0.2) is 28.3 Å². The molecule has 0 spiro atoms. The number of carbonyl (C=O) groups is 2. The molecule has 2 amide bonds. The van der Waals surface area contributed by atoms with Crippen LogP contribution in [0.5, 0.6) is 0 Å². The van der Waals surface area contributed by atoms with Crippen LogP contribution in [-0.2, 0) is 16.1 Å². The van der Waals surface area contributed by atoms with Gasteiger partial charge in [0.25, 0.3) is 0 Å². The Morgan fingerprint density at radius 1 is 1.33 bits per heavy atom. The molecule has 1 aromatic carbocycles. The first-order chi connectivity index (χ1) is 9.80. The van der Waals surface area contributed by atoms with Crippen LogP contribution in [0.15, 0.2) is 18.2 Å². The van der Waals surface area contributed by atoms with E-state index in [0.717, 1.165) is 6.07 Å². The van der Waals surface area contributed by atoms with E-state index in [-0.39, 0.29) is 23.9 Å². The van der Waals surface area contributed by atoms with Gasteiger partial charge in [-0.2, -0.15) is 0 Å². The summed E-state index contributed by atoms with van der Waals surface area (Å²) < 4.78 is 27.0. The van der Waals surface area contributed by atoms with Gasteiger partial charge in [0.15, 0.2) is 11.6 Å². The summed E-state index contributed by atoms with van der Waals surface area (Å²) >= 11 is 0. The minimum atomic E-state index is -1.01. The zero-order valence-corrected chi connectivity index (χ0v) is 12.2. The van der Waals surface area contributed by atoms with E-state index in [1.165, 1.54) is 17.0 Å². The number of amides is 2. The highest BCUT2D eigenvalue weighted by molar-refractivity contribution is 5.99. The van der Waals surface area contributed by atoms with Gasteiger partial charge >= 0.3 is 0 Å². The topological polar surface area (TPSA) is 49.4 Å². The molecule has 0 radical (unpaired) electrons. The highest BCUT2D eigenvalue weighted by Crippen LogP contribution is 2.24. The zero-order chi connectivity index (χ0) is 15.8. The van der Waals surface area contributed by atoms with Crippen LogP contribution in [0.3, 0.4) is 0 Å². The average molecular weight is 296 g/mol. The summed E-state index contributed by atoms with van der Waals surface area (Å²) in [5, 5.41) is 2.69. The van der Waals surface area contributed by atoms with Crippen molar-refractivity contribution in [3.63, 3.8) is 0 Å². The first-order valence-electron chi connectivity index (χ1n) is 6.86. The predicted octanol–water partition coefficient (Wildman–Crippen LogP) is 1.98. The highest BCUT2D eigenvalue weighted by Gasteiger charge is 2.45. The van der Waals surface area contributed by atoms with E-state index < -0.39 is 23.2 Å². The van der Waals surface area contributed by atoms with Gasteiger partial charge < -0.3 is 10.2 Å². The van der Waals surface area contributed by atoms with Crippen molar-refractivity contribution in [2.45, 2.75) is 45.3 Å². The maximum absolute atomic E-state index is 13.8. The van der Waals surface area contributed by atoms with Crippen LogP contribution in [0.4, 0.5) is 8.78 Å². The second-order valence-electron chi connectivity index (χ2n) is 5.50. The van der Waals surface area contributed by atoms with Gasteiger partial charge in [0.2, 0.25) is 11.8 Å². The smallest absolute Gasteiger partial charge is 0.249 e. The minimum Gasteiger partial charge on any atom is -0.340 e. The monoisotopic (exact) mass is 296 g/mol. The van der Waals surface area contributed by atoms with Crippen molar-refractivity contribution in [3.8, 4) is 0 Å². The number of nitrogens with zero attached hydrogens (tertiary/aromatic N) is 1. The molecule has 2 atom stereocenters. The van der Waals surface area contributed by atoms with Crippen LogP contribution >= 0.6 is 0 Å². The van der Waals surface area contributed by atoms with Crippen molar-refractivity contribution in [2.75, 3.05) is 0 Å². The minimum absolute atomic E-state index is 0.0587. The van der Waals surface area contributed by atoms with Gasteiger partial charge in [0, 0.05) is 12.1 Å². The lowest BCUT2D eigenvalue weighted by atomic mass is 9.92. The number of piperazine rings is 1. The van der Waals surface area contributed by atoms with E-state index in [2.05, 4.69) is 5.32 Å². The number of nitrogens with one attached hydrogen (secondary N) is 1. The Bertz CT molecular complexity index is 591. The van der Waals surface area contributed by atoms with Crippen molar-refractivity contribution >= 4 is 11.8 Å². The average Bonchev–Trinajstić information content (AvgIpc) is 2.46. The number of hydrogen-bond donors (Lipinski definition) is 1.